The molecule has 0 unspecified atom stereocenters. The van der Waals surface area contributed by atoms with Gasteiger partial charge in [0.2, 0.25) is 0 Å². The molecule has 0 bridgehead atoms. The van der Waals surface area contributed by atoms with Gasteiger partial charge in [0.25, 0.3) is 11.6 Å². The lowest BCUT2D eigenvalue weighted by molar-refractivity contribution is -0.157. The molecule has 0 radical (unpaired) electrons. The number of ether oxygens (including phenoxy) is 2. The molecule has 2 aromatic carbocycles. The van der Waals surface area contributed by atoms with Gasteiger partial charge in [0, 0.05) is 11.1 Å². The lowest BCUT2D eigenvalue weighted by Crippen LogP contribution is -2.44. The average Bonchev–Trinajstić information content (AvgIpc) is 3.23. The standard InChI is InChI=1S/C24H18O8/c1-11-3-7-13(8-4-11)17(25)15-19(27)23(29)31-21(15)22-16(20(28)24(30)32-22)18(26)14-9-5-12(2)6-10-14/h3-10,15-16,21-22H,1-2H3/t15-,16+,21-,22-/m0/s1. The van der Waals surface area contributed by atoms with Crippen LogP contribution < -0.4 is 0 Å². The van der Waals surface area contributed by atoms with Gasteiger partial charge in [-0.3, -0.25) is 19.2 Å². The molecule has 8 heteroatoms. The zero-order chi connectivity index (χ0) is 23.2. The number of ketones is 4. The van der Waals surface area contributed by atoms with Gasteiger partial charge in [-0.05, 0) is 13.8 Å². The Kier molecular flexibility index (Phi) is 5.30. The Morgan fingerprint density at radius 1 is 0.594 bits per heavy atom. The molecule has 4 rings (SSSR count). The first-order valence-electron chi connectivity index (χ1n) is 9.90. The van der Waals surface area contributed by atoms with Crippen LogP contribution in [0.5, 0.6) is 0 Å². The highest BCUT2D eigenvalue weighted by Crippen LogP contribution is 2.35. The molecule has 0 spiro atoms. The molecule has 2 heterocycles. The minimum absolute atomic E-state index is 0.148. The monoisotopic (exact) mass is 434 g/mol. The summed E-state index contributed by atoms with van der Waals surface area (Å²) in [7, 11) is 0. The molecule has 0 saturated carbocycles. The van der Waals surface area contributed by atoms with E-state index >= 15 is 0 Å². The average molecular weight is 434 g/mol. The second-order valence-electron chi connectivity index (χ2n) is 7.88. The van der Waals surface area contributed by atoms with Crippen LogP contribution >= 0.6 is 0 Å². The minimum atomic E-state index is -1.64. The summed E-state index contributed by atoms with van der Waals surface area (Å²) in [6.07, 6.45) is -3.17. The van der Waals surface area contributed by atoms with Gasteiger partial charge in [0.15, 0.2) is 23.8 Å². The molecule has 4 atom stereocenters. The number of Topliss-reactive ketones (excluding diaryl/α,β-unsaturated/α-hetero) is 4. The van der Waals surface area contributed by atoms with Crippen LogP contribution in [0.25, 0.3) is 0 Å². The van der Waals surface area contributed by atoms with Crippen LogP contribution in [0.4, 0.5) is 0 Å². The number of esters is 2. The van der Waals surface area contributed by atoms with E-state index in [0.717, 1.165) is 11.1 Å². The number of hydrogen-bond acceptors (Lipinski definition) is 8. The summed E-state index contributed by atoms with van der Waals surface area (Å²) in [5.41, 5.74) is 2.05. The maximum absolute atomic E-state index is 13.1. The summed E-state index contributed by atoms with van der Waals surface area (Å²) < 4.78 is 10.2. The molecule has 0 aromatic heterocycles. The van der Waals surface area contributed by atoms with Gasteiger partial charge in [-0.15, -0.1) is 0 Å². The first-order chi connectivity index (χ1) is 15.2. The minimum Gasteiger partial charge on any atom is -0.451 e. The van der Waals surface area contributed by atoms with E-state index in [1.807, 2.05) is 13.8 Å². The Bertz CT molecular complexity index is 1070. The van der Waals surface area contributed by atoms with Crippen LogP contribution in [-0.4, -0.2) is 47.3 Å². The highest BCUT2D eigenvalue weighted by molar-refractivity contribution is 6.43. The highest BCUT2D eigenvalue weighted by Gasteiger charge is 2.60. The number of aryl methyl sites for hydroxylation is 2. The van der Waals surface area contributed by atoms with Crippen molar-refractivity contribution in [3.8, 4) is 0 Å². The SMILES string of the molecule is Cc1ccc(C(=O)[C@H]2C(=O)C(=O)O[C@@H]2[C@H]2OC(=O)C(=O)[C@H]2C(=O)c2ccc(C)cc2)cc1. The van der Waals surface area contributed by atoms with Crippen LogP contribution in [0.3, 0.4) is 0 Å². The van der Waals surface area contributed by atoms with Gasteiger partial charge in [-0.2, -0.15) is 0 Å². The number of cyclic esters (lactones) is 2. The lowest BCUT2D eigenvalue weighted by Gasteiger charge is -2.24. The predicted molar refractivity (Wildman–Crippen MR) is 108 cm³/mol. The zero-order valence-corrected chi connectivity index (χ0v) is 17.2. The Morgan fingerprint density at radius 3 is 1.22 bits per heavy atom. The summed E-state index contributed by atoms with van der Waals surface area (Å²) in [5, 5.41) is 0. The van der Waals surface area contributed by atoms with Gasteiger partial charge in [-0.1, -0.05) is 59.7 Å². The fourth-order valence-corrected chi connectivity index (χ4v) is 3.90. The van der Waals surface area contributed by atoms with E-state index in [4.69, 9.17) is 9.47 Å². The molecule has 0 amide bonds. The van der Waals surface area contributed by atoms with Gasteiger partial charge in [-0.25, -0.2) is 9.59 Å². The number of hydrogen-bond donors (Lipinski definition) is 0. The van der Waals surface area contributed by atoms with Crippen molar-refractivity contribution in [3.63, 3.8) is 0 Å². The van der Waals surface area contributed by atoms with Gasteiger partial charge in [0.05, 0.1) is 0 Å². The zero-order valence-electron chi connectivity index (χ0n) is 17.2. The second-order valence-corrected chi connectivity index (χ2v) is 7.88. The largest absolute Gasteiger partial charge is 0.451 e. The van der Waals surface area contributed by atoms with Crippen LogP contribution in [0.2, 0.25) is 0 Å². The van der Waals surface area contributed by atoms with Crippen LogP contribution in [0, 0.1) is 25.7 Å². The van der Waals surface area contributed by atoms with E-state index in [9.17, 15) is 28.8 Å². The lowest BCUT2D eigenvalue weighted by atomic mass is 9.81. The van der Waals surface area contributed by atoms with Crippen molar-refractivity contribution >= 4 is 35.1 Å². The van der Waals surface area contributed by atoms with Crippen molar-refractivity contribution in [3.05, 3.63) is 70.8 Å². The van der Waals surface area contributed by atoms with Crippen molar-refractivity contribution in [2.45, 2.75) is 26.1 Å². The molecular formula is C24H18O8. The van der Waals surface area contributed by atoms with Gasteiger partial charge in [0.1, 0.15) is 11.8 Å². The third-order valence-electron chi connectivity index (χ3n) is 5.67. The van der Waals surface area contributed by atoms with E-state index < -0.39 is 59.1 Å². The van der Waals surface area contributed by atoms with E-state index in [0.29, 0.717) is 0 Å². The summed E-state index contributed by atoms with van der Waals surface area (Å²) in [6, 6.07) is 12.6. The van der Waals surface area contributed by atoms with Crippen LogP contribution in [0.1, 0.15) is 31.8 Å². The van der Waals surface area contributed by atoms with Gasteiger partial charge < -0.3 is 9.47 Å². The quantitative estimate of drug-likeness (QED) is 0.301. The fraction of sp³-hybridized carbons (Fsp3) is 0.250. The van der Waals surface area contributed by atoms with E-state index in [1.54, 1.807) is 24.3 Å². The normalized spacial score (nSPS) is 24.9. The molecule has 8 nitrogen and oxygen atoms in total. The molecule has 0 N–H and O–H groups in total. The first kappa shape index (κ1) is 21.3. The Hall–Kier alpha value is -3.94. The summed E-state index contributed by atoms with van der Waals surface area (Å²) >= 11 is 0. The van der Waals surface area contributed by atoms with Crippen molar-refractivity contribution < 1.29 is 38.2 Å². The van der Waals surface area contributed by atoms with Crippen molar-refractivity contribution in [2.24, 2.45) is 11.8 Å². The van der Waals surface area contributed by atoms with E-state index in [-0.39, 0.29) is 11.1 Å². The highest BCUT2D eigenvalue weighted by atomic mass is 16.6. The molecule has 162 valence electrons. The molecule has 2 aliphatic heterocycles. The Morgan fingerprint density at radius 2 is 0.906 bits per heavy atom. The third kappa shape index (κ3) is 3.53. The van der Waals surface area contributed by atoms with Crippen molar-refractivity contribution in [1.29, 1.82) is 0 Å². The van der Waals surface area contributed by atoms with Gasteiger partial charge >= 0.3 is 11.9 Å². The molecule has 2 aromatic rings. The second kappa shape index (κ2) is 7.96. The van der Waals surface area contributed by atoms with Crippen LogP contribution in [0.15, 0.2) is 48.5 Å². The maximum atomic E-state index is 13.1. The smallest absolute Gasteiger partial charge is 0.376 e. The summed E-state index contributed by atoms with van der Waals surface area (Å²) in [4.78, 5) is 75.2. The van der Waals surface area contributed by atoms with Crippen LogP contribution in [-0.2, 0) is 28.7 Å². The molecule has 2 saturated heterocycles. The number of carbonyl (C=O) groups excluding carboxylic acids is 6. The fourth-order valence-electron chi connectivity index (χ4n) is 3.90. The van der Waals surface area contributed by atoms with E-state index in [1.165, 1.54) is 24.3 Å². The summed E-state index contributed by atoms with van der Waals surface area (Å²) in [6.45, 7) is 3.63. The molecule has 0 aliphatic carbocycles. The number of benzene rings is 2. The first-order valence-corrected chi connectivity index (χ1v) is 9.90. The Labute approximate surface area is 182 Å². The summed E-state index contributed by atoms with van der Waals surface area (Å²) in [5.74, 6) is -9.50. The topological polar surface area (TPSA) is 121 Å². The van der Waals surface area contributed by atoms with Crippen molar-refractivity contribution in [2.75, 3.05) is 0 Å². The van der Waals surface area contributed by atoms with E-state index in [2.05, 4.69) is 0 Å². The predicted octanol–water partition coefficient (Wildman–Crippen LogP) is 1.59. The van der Waals surface area contributed by atoms with Crippen molar-refractivity contribution in [1.82, 2.24) is 0 Å². The Balaban J connectivity index is 1.71. The number of carbonyl (C=O) groups is 6. The molecule has 2 fully saturated rings. The third-order valence-corrected chi connectivity index (χ3v) is 5.67. The number of rotatable bonds is 5. The molecule has 2 aliphatic rings. The molecular weight excluding hydrogens is 416 g/mol. The maximum Gasteiger partial charge on any atom is 0.376 e. The molecule has 32 heavy (non-hydrogen) atoms.